The van der Waals surface area contributed by atoms with Crippen molar-refractivity contribution < 1.29 is 21.9 Å². The summed E-state index contributed by atoms with van der Waals surface area (Å²) in [6, 6.07) is 9.63. The van der Waals surface area contributed by atoms with Crippen LogP contribution in [0.25, 0.3) is 0 Å². The molecule has 1 aromatic heterocycles. The minimum Gasteiger partial charge on any atom is -0.379 e. The van der Waals surface area contributed by atoms with E-state index < -0.39 is 26.7 Å². The number of hydrogen-bond donors (Lipinski definition) is 1. The smallest absolute Gasteiger partial charge is 0.189 e. The summed E-state index contributed by atoms with van der Waals surface area (Å²) in [6.07, 6.45) is 1.30. The second-order valence-corrected chi connectivity index (χ2v) is 10.9. The number of nitrogens with zero attached hydrogens (tertiary/aromatic N) is 2. The van der Waals surface area contributed by atoms with Gasteiger partial charge in [0.25, 0.3) is 0 Å². The van der Waals surface area contributed by atoms with Crippen LogP contribution >= 0.6 is 23.2 Å². The molecule has 1 aliphatic heterocycles. The minimum absolute atomic E-state index is 0.00919. The van der Waals surface area contributed by atoms with Gasteiger partial charge in [0.15, 0.2) is 9.84 Å². The van der Waals surface area contributed by atoms with Crippen molar-refractivity contribution in [3.8, 4) is 0 Å². The van der Waals surface area contributed by atoms with Gasteiger partial charge in [0.2, 0.25) is 0 Å². The van der Waals surface area contributed by atoms with Crippen LogP contribution in [0.15, 0.2) is 59.6 Å². The maximum Gasteiger partial charge on any atom is 0.189 e. The van der Waals surface area contributed by atoms with Crippen molar-refractivity contribution >= 4 is 38.9 Å². The van der Waals surface area contributed by atoms with Gasteiger partial charge in [-0.2, -0.15) is 0 Å². The van der Waals surface area contributed by atoms with Gasteiger partial charge in [0, 0.05) is 43.0 Å². The van der Waals surface area contributed by atoms with Crippen molar-refractivity contribution in [1.29, 1.82) is 0 Å². The van der Waals surface area contributed by atoms with Gasteiger partial charge in [-0.05, 0) is 54.1 Å². The number of sulfone groups is 1. The third kappa shape index (κ3) is 6.10. The number of hydrogen-bond acceptors (Lipinski definition) is 6. The first kappa shape index (κ1) is 25.8. The van der Waals surface area contributed by atoms with Crippen LogP contribution in [0, 0.1) is 11.6 Å². The van der Waals surface area contributed by atoms with Crippen molar-refractivity contribution in [2.75, 3.05) is 44.7 Å². The highest BCUT2D eigenvalue weighted by Crippen LogP contribution is 2.40. The third-order valence-corrected chi connectivity index (χ3v) is 8.32. The number of rotatable bonds is 8. The first-order chi connectivity index (χ1) is 16.8. The highest BCUT2D eigenvalue weighted by molar-refractivity contribution is 7.92. The molecule has 3 aromatic rings. The molecule has 186 valence electrons. The zero-order valence-corrected chi connectivity index (χ0v) is 20.9. The average Bonchev–Trinajstić information content (AvgIpc) is 2.84. The van der Waals surface area contributed by atoms with Crippen LogP contribution in [0.2, 0.25) is 10.0 Å². The van der Waals surface area contributed by atoms with E-state index in [2.05, 4.69) is 15.2 Å². The fourth-order valence-corrected chi connectivity index (χ4v) is 6.13. The van der Waals surface area contributed by atoms with Crippen LogP contribution < -0.4 is 5.32 Å². The molecule has 35 heavy (non-hydrogen) atoms. The van der Waals surface area contributed by atoms with Gasteiger partial charge in [-0.3, -0.25) is 4.90 Å². The average molecular weight is 542 g/mol. The van der Waals surface area contributed by atoms with E-state index in [-0.39, 0.29) is 21.0 Å². The van der Waals surface area contributed by atoms with E-state index in [1.54, 1.807) is 0 Å². The fourth-order valence-electron chi connectivity index (χ4n) is 3.90. The van der Waals surface area contributed by atoms with Gasteiger partial charge in [0.05, 0.1) is 23.1 Å². The van der Waals surface area contributed by atoms with E-state index in [1.807, 2.05) is 0 Å². The highest BCUT2D eigenvalue weighted by Gasteiger charge is 2.35. The monoisotopic (exact) mass is 541 g/mol. The Kier molecular flexibility index (Phi) is 8.23. The highest BCUT2D eigenvalue weighted by atomic mass is 35.5. The van der Waals surface area contributed by atoms with Crippen LogP contribution in [0.4, 0.5) is 14.6 Å². The van der Waals surface area contributed by atoms with Crippen LogP contribution in [0.1, 0.15) is 16.4 Å². The molecule has 1 aliphatic rings. The molecule has 1 saturated heterocycles. The summed E-state index contributed by atoms with van der Waals surface area (Å²) in [5.74, 6) is -1.28. The Morgan fingerprint density at radius 3 is 2.46 bits per heavy atom. The van der Waals surface area contributed by atoms with Crippen LogP contribution in [0.3, 0.4) is 0 Å². The zero-order valence-electron chi connectivity index (χ0n) is 18.6. The van der Waals surface area contributed by atoms with Gasteiger partial charge in [-0.25, -0.2) is 22.2 Å². The second kappa shape index (κ2) is 11.2. The maximum atomic E-state index is 14.9. The molecule has 0 aliphatic carbocycles. The largest absolute Gasteiger partial charge is 0.379 e. The number of benzene rings is 2. The van der Waals surface area contributed by atoms with Gasteiger partial charge in [-0.1, -0.05) is 23.2 Å². The Balaban J connectivity index is 1.72. The standard InChI is InChI=1S/C24H23Cl2F2N3O3S/c25-16-1-4-18(5-2-16)35(32,33)24(20-13-17(27)3-6-22(20)28)19-14-23(30-15-21(19)26)29-7-8-31-9-11-34-12-10-31/h1-6,13-15,24H,7-12H2,(H,29,30). The Morgan fingerprint density at radius 2 is 1.74 bits per heavy atom. The number of ether oxygens (including phenoxy) is 1. The Labute approximate surface area is 212 Å². The Bertz CT molecular complexity index is 1290. The molecule has 0 radical (unpaired) electrons. The molecule has 1 unspecified atom stereocenters. The van der Waals surface area contributed by atoms with E-state index in [9.17, 15) is 17.2 Å². The van der Waals surface area contributed by atoms with E-state index in [0.29, 0.717) is 30.6 Å². The molecule has 11 heteroatoms. The predicted octanol–water partition coefficient (Wildman–Crippen LogP) is 4.97. The minimum atomic E-state index is -4.27. The van der Waals surface area contributed by atoms with Crippen molar-refractivity contribution in [2.24, 2.45) is 0 Å². The molecule has 0 bridgehead atoms. The molecule has 1 fully saturated rings. The van der Waals surface area contributed by atoms with E-state index in [0.717, 1.165) is 37.8 Å². The second-order valence-electron chi connectivity index (χ2n) is 8.02. The molecule has 1 N–H and O–H groups in total. The number of aromatic nitrogens is 1. The Hall–Kier alpha value is -2.30. The van der Waals surface area contributed by atoms with Crippen LogP contribution in [-0.4, -0.2) is 57.7 Å². The lowest BCUT2D eigenvalue weighted by Gasteiger charge is -2.26. The molecule has 6 nitrogen and oxygen atoms in total. The quantitative estimate of drug-likeness (QED) is 0.434. The lowest BCUT2D eigenvalue weighted by molar-refractivity contribution is 0.0398. The van der Waals surface area contributed by atoms with E-state index in [1.165, 1.54) is 36.5 Å². The molecule has 4 rings (SSSR count). The van der Waals surface area contributed by atoms with Gasteiger partial charge in [0.1, 0.15) is 22.7 Å². The molecule has 2 heterocycles. The molecule has 1 atom stereocenters. The summed E-state index contributed by atoms with van der Waals surface area (Å²) in [5.41, 5.74) is -0.276. The lowest BCUT2D eigenvalue weighted by atomic mass is 10.0. The number of halogens is 4. The SMILES string of the molecule is O=S(=O)(c1ccc(Cl)cc1)C(c1cc(F)ccc1F)c1cc(NCCN2CCOCC2)ncc1Cl. The van der Waals surface area contributed by atoms with Crippen molar-refractivity contribution in [1.82, 2.24) is 9.88 Å². The summed E-state index contributed by atoms with van der Waals surface area (Å²) in [7, 11) is -4.27. The topological polar surface area (TPSA) is 71.5 Å². The predicted molar refractivity (Wildman–Crippen MR) is 132 cm³/mol. The fraction of sp³-hybridized carbons (Fsp3) is 0.292. The molecule has 0 amide bonds. The lowest BCUT2D eigenvalue weighted by Crippen LogP contribution is -2.39. The number of anilines is 1. The van der Waals surface area contributed by atoms with Gasteiger partial charge < -0.3 is 10.1 Å². The number of nitrogens with one attached hydrogen (secondary N) is 1. The summed E-state index contributed by atoms with van der Waals surface area (Å²) >= 11 is 12.3. The summed E-state index contributed by atoms with van der Waals surface area (Å²) in [6.45, 7) is 4.26. The normalized spacial score (nSPS) is 15.7. The van der Waals surface area contributed by atoms with Crippen LogP contribution in [-0.2, 0) is 14.6 Å². The summed E-state index contributed by atoms with van der Waals surface area (Å²) in [5, 5.41) is 1.89. The first-order valence-electron chi connectivity index (χ1n) is 10.9. The van der Waals surface area contributed by atoms with Crippen molar-refractivity contribution in [3.63, 3.8) is 0 Å². The van der Waals surface area contributed by atoms with Gasteiger partial charge >= 0.3 is 0 Å². The molecule has 0 spiro atoms. The van der Waals surface area contributed by atoms with E-state index >= 15 is 0 Å². The van der Waals surface area contributed by atoms with Crippen molar-refractivity contribution in [2.45, 2.75) is 10.1 Å². The Morgan fingerprint density at radius 1 is 1.03 bits per heavy atom. The molecule has 2 aromatic carbocycles. The molecular weight excluding hydrogens is 519 g/mol. The maximum absolute atomic E-state index is 14.9. The summed E-state index contributed by atoms with van der Waals surface area (Å²) in [4.78, 5) is 6.36. The number of pyridine rings is 1. The van der Waals surface area contributed by atoms with Crippen LogP contribution in [0.5, 0.6) is 0 Å². The van der Waals surface area contributed by atoms with E-state index in [4.69, 9.17) is 27.9 Å². The van der Waals surface area contributed by atoms with Gasteiger partial charge in [-0.15, -0.1) is 0 Å². The molecule has 0 saturated carbocycles. The third-order valence-electron chi connectivity index (χ3n) is 5.70. The summed E-state index contributed by atoms with van der Waals surface area (Å²) < 4.78 is 61.9. The first-order valence-corrected chi connectivity index (χ1v) is 13.2. The zero-order chi connectivity index (χ0) is 25.0. The molecular formula is C24H23Cl2F2N3O3S. The van der Waals surface area contributed by atoms with Crippen molar-refractivity contribution in [3.05, 3.63) is 87.5 Å². The number of morpholine rings is 1.